The topological polar surface area (TPSA) is 377 Å². The number of allylic oxidation sites excluding steroid dienone is 1. The Kier molecular flexibility index (Phi) is 26.0. The molecule has 10 unspecified atom stereocenters. The van der Waals surface area contributed by atoms with E-state index in [2.05, 4.69) is 96.9 Å². The van der Waals surface area contributed by atoms with Crippen molar-refractivity contribution in [2.45, 2.75) is 175 Å². The number of carboxylic acids is 2. The summed E-state index contributed by atoms with van der Waals surface area (Å²) in [5, 5.41) is 36.9. The van der Waals surface area contributed by atoms with Gasteiger partial charge < -0.3 is 61.6 Å². The lowest BCUT2D eigenvalue weighted by molar-refractivity contribution is -0.457. The number of unbranched alkanes of at least 4 members (excludes halogenated alkanes) is 1. The fraction of sp³-hybridized carbons (Fsp3) is 0.661. The van der Waals surface area contributed by atoms with E-state index in [1.54, 1.807) is 22.9 Å². The van der Waals surface area contributed by atoms with E-state index in [9.17, 15) is 43.8 Å². The van der Waals surface area contributed by atoms with Crippen molar-refractivity contribution < 1.29 is 53.4 Å². The highest BCUT2D eigenvalue weighted by molar-refractivity contribution is 8.76. The summed E-state index contributed by atoms with van der Waals surface area (Å²) >= 11 is 0. The molecule has 0 spiro atoms. The van der Waals surface area contributed by atoms with Crippen molar-refractivity contribution in [1.82, 2.24) is 45.9 Å². The number of nitrogens with two attached hydrogens (primary N) is 2. The van der Waals surface area contributed by atoms with Crippen LogP contribution in [0.15, 0.2) is 46.9 Å². The molecular weight excluding hydrogens is 1170 g/mol. The summed E-state index contributed by atoms with van der Waals surface area (Å²) in [6.07, 6.45) is 17.7. The molecule has 10 atom stereocenters. The number of aromatic nitrogens is 4. The number of carbonyl (C=O) groups is 6. The van der Waals surface area contributed by atoms with E-state index in [-0.39, 0.29) is 72.8 Å². The molecule has 4 aliphatic carbocycles. The number of nitrogens with zero attached hydrogens (tertiary/aromatic N) is 3. The number of ether oxygens (including phenoxy) is 2. The first-order valence-electron chi connectivity index (χ1n) is 31.4. The average Bonchev–Trinajstić information content (AvgIpc) is 1.42. The summed E-state index contributed by atoms with van der Waals surface area (Å²) in [5.74, 6) is 1.47. The second kappa shape index (κ2) is 33.2. The minimum Gasteiger partial charge on any atom is -0.548 e. The van der Waals surface area contributed by atoms with Crippen LogP contribution in [-0.2, 0) is 30.4 Å². The van der Waals surface area contributed by atoms with Crippen LogP contribution >= 0.6 is 21.8 Å². The molecule has 2 heterocycles. The highest BCUT2D eigenvalue weighted by Gasteiger charge is 2.59. The third-order valence-electron chi connectivity index (χ3n) is 18.7. The number of anilines is 2. The third kappa shape index (κ3) is 19.7. The number of carboxylic acid groups (broad SMARTS) is 2. The summed E-state index contributed by atoms with van der Waals surface area (Å²) in [6.45, 7) is 14.2. The number of amidine groups is 1. The van der Waals surface area contributed by atoms with Gasteiger partial charge in [-0.3, -0.25) is 34.8 Å². The number of aliphatic carboxylic acids is 2. The van der Waals surface area contributed by atoms with Crippen molar-refractivity contribution in [2.75, 3.05) is 49.6 Å². The van der Waals surface area contributed by atoms with Gasteiger partial charge in [0.2, 0.25) is 17.7 Å². The molecule has 2 aromatic heterocycles. The van der Waals surface area contributed by atoms with Crippen LogP contribution in [0.1, 0.15) is 166 Å². The third-order valence-corrected chi connectivity index (χ3v) is 20.8. The first-order chi connectivity index (χ1) is 42.1. The molecule has 484 valence electrons. The van der Waals surface area contributed by atoms with Crippen molar-refractivity contribution in [3.05, 3.63) is 63.7 Å². The number of nitrogen functional groups attached to an aromatic ring is 1. The Morgan fingerprint density at radius 1 is 0.841 bits per heavy atom. The number of carbonyl (C=O) groups excluding carboxylic acids is 6. The lowest BCUT2D eigenvalue weighted by atomic mass is 9.47. The minimum atomic E-state index is -1.64. The number of benzene rings is 1. The molecule has 1 aromatic carbocycles. The van der Waals surface area contributed by atoms with Gasteiger partial charge in [-0.1, -0.05) is 76.3 Å². The summed E-state index contributed by atoms with van der Waals surface area (Å²) in [4.78, 5) is 104. The van der Waals surface area contributed by atoms with Gasteiger partial charge in [0, 0.05) is 49.4 Å². The van der Waals surface area contributed by atoms with Crippen molar-refractivity contribution in [3.63, 3.8) is 0 Å². The smallest absolute Gasteiger partial charge is 0.407 e. The Morgan fingerprint density at radius 2 is 1.60 bits per heavy atom. The zero-order valence-electron chi connectivity index (χ0n) is 51.6. The zero-order chi connectivity index (χ0) is 63.4. The van der Waals surface area contributed by atoms with Gasteiger partial charge in [-0.05, 0) is 159 Å². The van der Waals surface area contributed by atoms with Crippen LogP contribution in [0.3, 0.4) is 0 Å². The van der Waals surface area contributed by atoms with E-state index in [0.29, 0.717) is 61.5 Å². The van der Waals surface area contributed by atoms with Gasteiger partial charge >= 0.3 is 12.2 Å². The van der Waals surface area contributed by atoms with E-state index in [1.165, 1.54) is 86.2 Å². The lowest BCUT2D eigenvalue weighted by Crippen LogP contribution is -2.77. The maximum absolute atomic E-state index is 12.9. The molecule has 3 fully saturated rings. The van der Waals surface area contributed by atoms with Crippen molar-refractivity contribution in [1.29, 1.82) is 0 Å². The minimum absolute atomic E-state index is 0.0179. The Balaban J connectivity index is 0.666. The summed E-state index contributed by atoms with van der Waals surface area (Å²) in [7, 11) is 3.04. The predicted molar refractivity (Wildman–Crippen MR) is 335 cm³/mol. The van der Waals surface area contributed by atoms with E-state index in [1.807, 2.05) is 0 Å². The Hall–Kier alpha value is -6.67. The lowest BCUT2D eigenvalue weighted by Gasteiger charge is -2.58. The Labute approximate surface area is 523 Å². The molecule has 0 aliphatic heterocycles. The molecule has 4 amide bonds. The highest BCUT2D eigenvalue weighted by Crippen LogP contribution is 2.67. The van der Waals surface area contributed by atoms with Crippen molar-refractivity contribution in [2.24, 2.45) is 52.1 Å². The van der Waals surface area contributed by atoms with E-state index in [4.69, 9.17) is 20.9 Å². The SMILES string of the molecule is CC(C)CCCC(C)C1CCC2C3CC=C4CC(OC(=O)NCC[NH+]=C(N)CCCSSNCCOC(=O)NCCCCC(NC(=O)CCC(NC(=O)c5ccc(NCc6cnc7nc(N)[nH]c(=O)c7n6)cc5)C(=O)[O-])C(=O)[O-])CCC4(C)C3CCC12C. The number of fused-ring (bicyclic) bond motifs is 6. The molecule has 4 aliphatic rings. The van der Waals surface area contributed by atoms with Crippen LogP contribution in [0.5, 0.6) is 0 Å². The molecule has 0 bridgehead atoms. The summed E-state index contributed by atoms with van der Waals surface area (Å²) < 4.78 is 14.3. The average molecular weight is 1260 g/mol. The van der Waals surface area contributed by atoms with E-state index in [0.717, 1.165) is 66.9 Å². The molecular formula is C62H92N13O11S2-. The number of aromatic amines is 1. The number of H-pyrrole nitrogens is 1. The maximum atomic E-state index is 12.9. The van der Waals surface area contributed by atoms with Crippen LogP contribution < -0.4 is 63.5 Å². The molecule has 24 nitrogen and oxygen atoms in total. The second-order valence-corrected chi connectivity index (χ2v) is 27.4. The quantitative estimate of drug-likeness (QED) is 0.0101. The van der Waals surface area contributed by atoms with Gasteiger partial charge in [0.25, 0.3) is 11.5 Å². The molecule has 12 N–H and O–H groups in total. The first-order valence-corrected chi connectivity index (χ1v) is 33.7. The fourth-order valence-electron chi connectivity index (χ4n) is 14.0. The molecule has 7 rings (SSSR count). The predicted octanol–water partition coefficient (Wildman–Crippen LogP) is 3.91. The normalized spacial score (nSPS) is 23.3. The van der Waals surface area contributed by atoms with Crippen LogP contribution in [0, 0.1) is 46.3 Å². The summed E-state index contributed by atoms with van der Waals surface area (Å²) in [6, 6.07) is 3.06. The highest BCUT2D eigenvalue weighted by atomic mass is 33.1. The van der Waals surface area contributed by atoms with Gasteiger partial charge in [-0.15, -0.1) is 0 Å². The van der Waals surface area contributed by atoms with Gasteiger partial charge in [0.05, 0.1) is 49.0 Å². The number of rotatable bonds is 34. The molecule has 26 heteroatoms. The molecule has 3 aromatic rings. The largest absolute Gasteiger partial charge is 0.548 e. The zero-order valence-corrected chi connectivity index (χ0v) is 53.3. The van der Waals surface area contributed by atoms with Crippen molar-refractivity contribution >= 4 is 86.3 Å². The maximum Gasteiger partial charge on any atom is 0.407 e. The van der Waals surface area contributed by atoms with Crippen LogP contribution in [0.4, 0.5) is 21.2 Å². The Bertz CT molecular complexity index is 2990. The van der Waals surface area contributed by atoms with Gasteiger partial charge in [0.1, 0.15) is 19.3 Å². The molecule has 88 heavy (non-hydrogen) atoms. The second-order valence-electron chi connectivity index (χ2n) is 25.1. The summed E-state index contributed by atoms with van der Waals surface area (Å²) in [5.41, 5.74) is 14.6. The van der Waals surface area contributed by atoms with E-state index >= 15 is 0 Å². The molecule has 3 saturated carbocycles. The molecule has 0 radical (unpaired) electrons. The number of alkyl carbamates (subject to hydrolysis) is 2. The van der Waals surface area contributed by atoms with Crippen molar-refractivity contribution in [3.8, 4) is 0 Å². The number of hydrogen-bond acceptors (Lipinski definition) is 19. The van der Waals surface area contributed by atoms with E-state index < -0.39 is 53.9 Å². The van der Waals surface area contributed by atoms with Gasteiger partial charge in [-0.25, -0.2) is 19.6 Å². The fourth-order valence-corrected chi connectivity index (χ4v) is 15.7. The van der Waals surface area contributed by atoms with Crippen LogP contribution in [0.25, 0.3) is 11.2 Å². The first kappa shape index (κ1) is 68.8. The number of nitrogens with one attached hydrogen (secondary N) is 8. The van der Waals surface area contributed by atoms with Gasteiger partial charge in [0.15, 0.2) is 11.2 Å². The number of hydrogen-bond donors (Lipinski definition) is 10. The standard InChI is InChI=1S/C62H93N13O11S2/c1-37(2)10-8-11-38(3)45-20-21-46-44-19-16-40-34-43(24-26-61(40,4)47(44)25-27-62(45,46)5)86-60(84)67-30-29-65-50(63)13-9-33-87-88-70-31-32-85-59(83)66-28-7-6-12-48(56(79)80)72-51(76)23-22-49(57(81)82)73-54(77)39-14-17-41(18-15-39)68-35-42-36-69-53-52(71-42)55(78)75-58(64)74-53/h14-18,36-38,43-49,68,70H,6-13,19-35H2,1-5H3,(H2,63,65)(H,66,83)(H,67,84)(H,72,76)(H,73,77)(H,79,80)(H,81,82)(H3,64,69,74,75,78)/p-1. The monoisotopic (exact) mass is 1260 g/mol. The van der Waals surface area contributed by atoms with Crippen LogP contribution in [0.2, 0.25) is 0 Å². The van der Waals surface area contributed by atoms with Gasteiger partial charge in [-0.2, -0.15) is 4.98 Å². The molecule has 0 saturated heterocycles. The van der Waals surface area contributed by atoms with Crippen LogP contribution in [-0.4, -0.2) is 118 Å². The number of amides is 4. The Morgan fingerprint density at radius 3 is 2.36 bits per heavy atom.